The predicted octanol–water partition coefficient (Wildman–Crippen LogP) is 2.65. The zero-order valence-electron chi connectivity index (χ0n) is 8.09. The summed E-state index contributed by atoms with van der Waals surface area (Å²) in [5.41, 5.74) is 0. The second kappa shape index (κ2) is 4.77. The van der Waals surface area contributed by atoms with Crippen molar-refractivity contribution in [1.29, 1.82) is 0 Å². The van der Waals surface area contributed by atoms with E-state index in [-0.39, 0.29) is 20.2 Å². The number of pyridine rings is 1. The number of thiazole rings is 1. The van der Waals surface area contributed by atoms with E-state index in [0.717, 1.165) is 6.20 Å². The Morgan fingerprint density at radius 3 is 2.65 bits per heavy atom. The first-order valence-corrected chi connectivity index (χ1v) is 7.34. The summed E-state index contributed by atoms with van der Waals surface area (Å²) in [7, 11) is -3.73. The predicted molar refractivity (Wildman–Crippen MR) is 67.2 cm³/mol. The third-order valence-electron chi connectivity index (χ3n) is 1.74. The van der Waals surface area contributed by atoms with Gasteiger partial charge in [0, 0.05) is 17.8 Å². The van der Waals surface area contributed by atoms with Crippen LogP contribution in [0, 0.1) is 0 Å². The molecule has 2 aromatic rings. The number of anilines is 1. The third-order valence-corrected chi connectivity index (χ3v) is 4.55. The van der Waals surface area contributed by atoms with Crippen LogP contribution in [0.15, 0.2) is 28.7 Å². The normalized spacial score (nSPS) is 11.4. The van der Waals surface area contributed by atoms with E-state index in [2.05, 4.69) is 14.7 Å². The van der Waals surface area contributed by atoms with Gasteiger partial charge >= 0.3 is 0 Å². The molecule has 0 fully saturated rings. The minimum atomic E-state index is -3.73. The largest absolute Gasteiger partial charge is 0.265 e. The molecule has 5 nitrogen and oxygen atoms in total. The Balaban J connectivity index is 2.35. The molecule has 0 aromatic carbocycles. The lowest BCUT2D eigenvalue weighted by Crippen LogP contribution is -2.13. The highest BCUT2D eigenvalue weighted by molar-refractivity contribution is 7.93. The summed E-state index contributed by atoms with van der Waals surface area (Å²) >= 11 is 12.5. The highest BCUT2D eigenvalue weighted by Gasteiger charge is 2.17. The Morgan fingerprint density at radius 2 is 2.06 bits per heavy atom. The average molecular weight is 310 g/mol. The van der Waals surface area contributed by atoms with E-state index in [9.17, 15) is 8.42 Å². The molecule has 0 radical (unpaired) electrons. The molecule has 1 N–H and O–H groups in total. The smallest absolute Gasteiger partial charge is 0.255 e. The van der Waals surface area contributed by atoms with Gasteiger partial charge in [0.1, 0.15) is 10.0 Å². The van der Waals surface area contributed by atoms with Crippen LogP contribution in [0.4, 0.5) is 5.13 Å². The number of aromatic nitrogens is 2. The molecule has 17 heavy (non-hydrogen) atoms. The molecular weight excluding hydrogens is 305 g/mol. The minimum Gasteiger partial charge on any atom is -0.255 e. The van der Waals surface area contributed by atoms with Crippen LogP contribution in [-0.4, -0.2) is 18.4 Å². The van der Waals surface area contributed by atoms with Gasteiger partial charge in [-0.25, -0.2) is 18.4 Å². The molecule has 2 aromatic heterocycles. The van der Waals surface area contributed by atoms with Gasteiger partial charge in [-0.15, -0.1) is 11.3 Å². The van der Waals surface area contributed by atoms with Gasteiger partial charge in [-0.05, 0) is 6.07 Å². The lowest BCUT2D eigenvalue weighted by atomic mass is 10.5. The number of hydrogen-bond acceptors (Lipinski definition) is 5. The second-order valence-electron chi connectivity index (χ2n) is 2.89. The first-order chi connectivity index (χ1) is 7.99. The number of sulfonamides is 1. The fraction of sp³-hybridized carbons (Fsp3) is 0. The molecular formula is C8H5Cl2N3O2S2. The molecule has 0 atom stereocenters. The Hall–Kier alpha value is -0.890. The summed E-state index contributed by atoms with van der Waals surface area (Å²) < 4.78 is 26.1. The van der Waals surface area contributed by atoms with Crippen molar-refractivity contribution < 1.29 is 8.42 Å². The van der Waals surface area contributed by atoms with Crippen LogP contribution < -0.4 is 4.72 Å². The minimum absolute atomic E-state index is 0.0554. The zero-order valence-corrected chi connectivity index (χ0v) is 11.2. The maximum absolute atomic E-state index is 11.9. The van der Waals surface area contributed by atoms with Crippen LogP contribution in [-0.2, 0) is 10.0 Å². The van der Waals surface area contributed by atoms with Gasteiger partial charge in [-0.1, -0.05) is 23.2 Å². The van der Waals surface area contributed by atoms with Gasteiger partial charge in [-0.3, -0.25) is 4.72 Å². The van der Waals surface area contributed by atoms with E-state index >= 15 is 0 Å². The fourth-order valence-electron chi connectivity index (χ4n) is 0.998. The topological polar surface area (TPSA) is 72.0 Å². The van der Waals surface area contributed by atoms with Gasteiger partial charge in [0.15, 0.2) is 5.13 Å². The fourth-order valence-corrected chi connectivity index (χ4v) is 3.09. The van der Waals surface area contributed by atoms with Crippen molar-refractivity contribution in [2.75, 3.05) is 4.72 Å². The number of rotatable bonds is 3. The maximum Gasteiger partial charge on any atom is 0.265 e. The molecule has 9 heteroatoms. The highest BCUT2D eigenvalue weighted by Crippen LogP contribution is 2.24. The molecule has 0 saturated carbocycles. The van der Waals surface area contributed by atoms with Crippen LogP contribution in [0.2, 0.25) is 10.2 Å². The molecule has 2 heterocycles. The molecule has 0 spiro atoms. The van der Waals surface area contributed by atoms with Crippen LogP contribution in [0.1, 0.15) is 0 Å². The summed E-state index contributed by atoms with van der Waals surface area (Å²) in [6.45, 7) is 0. The van der Waals surface area contributed by atoms with Crippen molar-refractivity contribution in [3.63, 3.8) is 0 Å². The van der Waals surface area contributed by atoms with Crippen molar-refractivity contribution in [3.8, 4) is 0 Å². The lowest BCUT2D eigenvalue weighted by Gasteiger charge is -2.05. The van der Waals surface area contributed by atoms with E-state index in [1.165, 1.54) is 23.6 Å². The molecule has 0 aliphatic carbocycles. The summed E-state index contributed by atoms with van der Waals surface area (Å²) in [5, 5.41) is 2.06. The van der Waals surface area contributed by atoms with Gasteiger partial charge in [0.25, 0.3) is 10.0 Å². The standard InChI is InChI=1S/C8H5Cl2N3O2S2/c9-6-3-5(4-12-7(6)10)17(14,15)13-8-11-1-2-16-8/h1-4H,(H,11,13). The quantitative estimate of drug-likeness (QED) is 0.885. The second-order valence-corrected chi connectivity index (χ2v) is 6.23. The van der Waals surface area contributed by atoms with E-state index in [1.807, 2.05) is 0 Å². The summed E-state index contributed by atoms with van der Waals surface area (Å²) in [6, 6.07) is 1.23. The molecule has 2 rings (SSSR count). The Morgan fingerprint density at radius 1 is 1.29 bits per heavy atom. The number of halogens is 2. The van der Waals surface area contributed by atoms with Gasteiger partial charge in [0.05, 0.1) is 5.02 Å². The molecule has 0 aliphatic heterocycles. The van der Waals surface area contributed by atoms with Crippen LogP contribution in [0.25, 0.3) is 0 Å². The van der Waals surface area contributed by atoms with Gasteiger partial charge in [-0.2, -0.15) is 0 Å². The molecule has 0 amide bonds. The third kappa shape index (κ3) is 2.86. The molecule has 0 aliphatic rings. The van der Waals surface area contributed by atoms with Crippen molar-refractivity contribution in [3.05, 3.63) is 34.0 Å². The summed E-state index contributed by atoms with van der Waals surface area (Å²) in [4.78, 5) is 7.42. The average Bonchev–Trinajstić information content (AvgIpc) is 2.73. The number of nitrogens with zero attached hydrogens (tertiary/aromatic N) is 2. The Kier molecular flexibility index (Phi) is 3.53. The van der Waals surface area contributed by atoms with Crippen LogP contribution in [0.5, 0.6) is 0 Å². The zero-order chi connectivity index (χ0) is 12.5. The van der Waals surface area contributed by atoms with Crippen molar-refractivity contribution in [2.45, 2.75) is 4.90 Å². The molecule has 0 bridgehead atoms. The molecule has 0 saturated heterocycles. The first kappa shape index (κ1) is 12.6. The number of nitrogens with one attached hydrogen (secondary N) is 1. The molecule has 90 valence electrons. The van der Waals surface area contributed by atoms with E-state index < -0.39 is 10.0 Å². The lowest BCUT2D eigenvalue weighted by molar-refractivity contribution is 0.601. The SMILES string of the molecule is O=S(=O)(Nc1nccs1)c1cnc(Cl)c(Cl)c1. The van der Waals surface area contributed by atoms with E-state index in [4.69, 9.17) is 23.2 Å². The summed E-state index contributed by atoms with van der Waals surface area (Å²) in [6.07, 6.45) is 2.62. The Labute approximate surface area is 111 Å². The summed E-state index contributed by atoms with van der Waals surface area (Å²) in [5.74, 6) is 0. The van der Waals surface area contributed by atoms with E-state index in [1.54, 1.807) is 5.38 Å². The van der Waals surface area contributed by atoms with Crippen LogP contribution >= 0.6 is 34.5 Å². The van der Waals surface area contributed by atoms with Crippen molar-refractivity contribution >= 4 is 49.7 Å². The van der Waals surface area contributed by atoms with Crippen LogP contribution in [0.3, 0.4) is 0 Å². The van der Waals surface area contributed by atoms with Gasteiger partial charge in [0.2, 0.25) is 0 Å². The maximum atomic E-state index is 11.9. The van der Waals surface area contributed by atoms with Crippen molar-refractivity contribution in [1.82, 2.24) is 9.97 Å². The van der Waals surface area contributed by atoms with Crippen molar-refractivity contribution in [2.24, 2.45) is 0 Å². The first-order valence-electron chi connectivity index (χ1n) is 4.22. The van der Waals surface area contributed by atoms with E-state index in [0.29, 0.717) is 0 Å². The Bertz CT molecular complexity index is 628. The van der Waals surface area contributed by atoms with Gasteiger partial charge < -0.3 is 0 Å². The number of hydrogen-bond donors (Lipinski definition) is 1. The highest BCUT2D eigenvalue weighted by atomic mass is 35.5. The monoisotopic (exact) mass is 309 g/mol. The molecule has 0 unspecified atom stereocenters.